The van der Waals surface area contributed by atoms with Gasteiger partial charge in [0.15, 0.2) is 0 Å². The molecular formula is C17H15BrN2O2. The van der Waals surface area contributed by atoms with Crippen molar-refractivity contribution >= 4 is 37.6 Å². The summed E-state index contributed by atoms with van der Waals surface area (Å²) < 4.78 is 8.08. The SMILES string of the molecule is O=c1c2cc(Br)c3ccccc3c2ncn1C1CCOCC1. The molecule has 1 aliphatic rings. The first-order chi connectivity index (χ1) is 10.8. The highest BCUT2D eigenvalue weighted by Gasteiger charge is 2.19. The summed E-state index contributed by atoms with van der Waals surface area (Å²) >= 11 is 3.58. The van der Waals surface area contributed by atoms with Crippen LogP contribution in [0.2, 0.25) is 0 Å². The van der Waals surface area contributed by atoms with Crippen LogP contribution in [0, 0.1) is 0 Å². The molecule has 0 spiro atoms. The number of fused-ring (bicyclic) bond motifs is 3. The smallest absolute Gasteiger partial charge is 0.261 e. The van der Waals surface area contributed by atoms with E-state index >= 15 is 0 Å². The van der Waals surface area contributed by atoms with Crippen LogP contribution in [0.4, 0.5) is 0 Å². The van der Waals surface area contributed by atoms with Gasteiger partial charge in [-0.2, -0.15) is 0 Å². The average Bonchev–Trinajstić information content (AvgIpc) is 2.57. The summed E-state index contributed by atoms with van der Waals surface area (Å²) in [6.07, 6.45) is 3.42. The molecule has 0 N–H and O–H groups in total. The van der Waals surface area contributed by atoms with Crippen molar-refractivity contribution in [1.82, 2.24) is 9.55 Å². The van der Waals surface area contributed by atoms with Crippen molar-refractivity contribution in [3.8, 4) is 0 Å². The minimum atomic E-state index is 0.0309. The fraction of sp³-hybridized carbons (Fsp3) is 0.294. The molecule has 0 unspecified atom stereocenters. The number of rotatable bonds is 1. The lowest BCUT2D eigenvalue weighted by Gasteiger charge is -2.24. The van der Waals surface area contributed by atoms with Crippen LogP contribution >= 0.6 is 15.9 Å². The van der Waals surface area contributed by atoms with Crippen LogP contribution in [0.3, 0.4) is 0 Å². The predicted molar refractivity (Wildman–Crippen MR) is 90.3 cm³/mol. The van der Waals surface area contributed by atoms with E-state index in [1.54, 1.807) is 10.9 Å². The lowest BCUT2D eigenvalue weighted by atomic mass is 10.1. The van der Waals surface area contributed by atoms with Crippen LogP contribution in [-0.2, 0) is 4.74 Å². The molecule has 0 amide bonds. The molecule has 0 atom stereocenters. The van der Waals surface area contributed by atoms with Gasteiger partial charge in [0.1, 0.15) is 0 Å². The summed E-state index contributed by atoms with van der Waals surface area (Å²) in [5, 5.41) is 2.74. The summed E-state index contributed by atoms with van der Waals surface area (Å²) in [6, 6.07) is 10.1. The largest absolute Gasteiger partial charge is 0.381 e. The molecule has 112 valence electrons. The fourth-order valence-electron chi connectivity index (χ4n) is 3.15. The Balaban J connectivity index is 1.99. The van der Waals surface area contributed by atoms with Crippen LogP contribution in [-0.4, -0.2) is 22.8 Å². The van der Waals surface area contributed by atoms with E-state index in [9.17, 15) is 4.79 Å². The van der Waals surface area contributed by atoms with Gasteiger partial charge in [-0.1, -0.05) is 40.2 Å². The van der Waals surface area contributed by atoms with Crippen LogP contribution in [0.25, 0.3) is 21.7 Å². The van der Waals surface area contributed by atoms with Crippen LogP contribution in [0.5, 0.6) is 0 Å². The third kappa shape index (κ3) is 2.16. The summed E-state index contributed by atoms with van der Waals surface area (Å²) in [6.45, 7) is 1.41. The van der Waals surface area contributed by atoms with Gasteiger partial charge in [-0.3, -0.25) is 9.36 Å². The molecule has 0 aliphatic carbocycles. The highest BCUT2D eigenvalue weighted by atomic mass is 79.9. The van der Waals surface area contributed by atoms with Crippen molar-refractivity contribution in [2.24, 2.45) is 0 Å². The highest BCUT2D eigenvalue weighted by Crippen LogP contribution is 2.29. The Kier molecular flexibility index (Phi) is 3.47. The second-order valence-corrected chi connectivity index (χ2v) is 6.46. The Bertz CT molecular complexity index is 914. The molecule has 1 fully saturated rings. The maximum Gasteiger partial charge on any atom is 0.261 e. The predicted octanol–water partition coefficient (Wildman–Crippen LogP) is 3.66. The summed E-state index contributed by atoms with van der Waals surface area (Å²) in [7, 11) is 0. The number of hydrogen-bond donors (Lipinski definition) is 0. The van der Waals surface area contributed by atoms with Crippen LogP contribution in [0.15, 0.2) is 45.9 Å². The topological polar surface area (TPSA) is 44.1 Å². The zero-order chi connectivity index (χ0) is 15.1. The van der Waals surface area contributed by atoms with E-state index in [4.69, 9.17) is 4.74 Å². The molecule has 1 aliphatic heterocycles. The molecule has 4 rings (SSSR count). The van der Waals surface area contributed by atoms with Crippen molar-refractivity contribution in [3.63, 3.8) is 0 Å². The zero-order valence-corrected chi connectivity index (χ0v) is 13.5. The molecule has 0 bridgehead atoms. The van der Waals surface area contributed by atoms with E-state index in [2.05, 4.69) is 20.9 Å². The summed E-state index contributed by atoms with van der Waals surface area (Å²) in [4.78, 5) is 17.5. The monoisotopic (exact) mass is 358 g/mol. The van der Waals surface area contributed by atoms with Gasteiger partial charge in [0.2, 0.25) is 0 Å². The van der Waals surface area contributed by atoms with Gasteiger partial charge >= 0.3 is 0 Å². The lowest BCUT2D eigenvalue weighted by molar-refractivity contribution is 0.0685. The second-order valence-electron chi connectivity index (χ2n) is 5.60. The lowest BCUT2D eigenvalue weighted by Crippen LogP contribution is -2.29. The third-order valence-corrected chi connectivity index (χ3v) is 4.98. The fourth-order valence-corrected chi connectivity index (χ4v) is 3.73. The molecule has 3 aromatic rings. The van der Waals surface area contributed by atoms with E-state index < -0.39 is 0 Å². The number of benzene rings is 2. The van der Waals surface area contributed by atoms with E-state index in [0.29, 0.717) is 18.6 Å². The Hall–Kier alpha value is -1.72. The first kappa shape index (κ1) is 13.9. The van der Waals surface area contributed by atoms with E-state index in [1.165, 1.54) is 0 Å². The number of ether oxygens (including phenoxy) is 1. The summed E-state index contributed by atoms with van der Waals surface area (Å²) in [5.74, 6) is 0. The molecule has 5 heteroatoms. The molecule has 4 nitrogen and oxygen atoms in total. The van der Waals surface area contributed by atoms with Gasteiger partial charge in [0.05, 0.1) is 17.2 Å². The Morgan fingerprint density at radius 3 is 2.64 bits per heavy atom. The van der Waals surface area contributed by atoms with Crippen molar-refractivity contribution in [2.45, 2.75) is 18.9 Å². The Morgan fingerprint density at radius 2 is 1.86 bits per heavy atom. The normalized spacial score (nSPS) is 16.4. The maximum absolute atomic E-state index is 12.9. The number of aromatic nitrogens is 2. The van der Waals surface area contributed by atoms with Gasteiger partial charge in [-0.05, 0) is 24.3 Å². The van der Waals surface area contributed by atoms with Gasteiger partial charge in [-0.25, -0.2) is 4.98 Å². The summed E-state index contributed by atoms with van der Waals surface area (Å²) in [5.41, 5.74) is 0.801. The highest BCUT2D eigenvalue weighted by molar-refractivity contribution is 9.10. The van der Waals surface area contributed by atoms with Gasteiger partial charge in [0, 0.05) is 29.1 Å². The van der Waals surface area contributed by atoms with Crippen LogP contribution in [0.1, 0.15) is 18.9 Å². The molecule has 2 aromatic carbocycles. The second kappa shape index (κ2) is 5.48. The maximum atomic E-state index is 12.9. The van der Waals surface area contributed by atoms with Crippen molar-refractivity contribution in [1.29, 1.82) is 0 Å². The van der Waals surface area contributed by atoms with E-state index in [1.807, 2.05) is 30.3 Å². The van der Waals surface area contributed by atoms with Crippen LogP contribution < -0.4 is 5.56 Å². The van der Waals surface area contributed by atoms with Crippen molar-refractivity contribution < 1.29 is 4.74 Å². The minimum absolute atomic E-state index is 0.0309. The van der Waals surface area contributed by atoms with E-state index in [-0.39, 0.29) is 11.6 Å². The molecule has 0 saturated carbocycles. The Morgan fingerprint density at radius 1 is 1.14 bits per heavy atom. The first-order valence-electron chi connectivity index (χ1n) is 7.41. The zero-order valence-electron chi connectivity index (χ0n) is 12.0. The number of halogens is 1. The first-order valence-corrected chi connectivity index (χ1v) is 8.21. The third-order valence-electron chi connectivity index (χ3n) is 4.33. The number of hydrogen-bond acceptors (Lipinski definition) is 3. The number of nitrogens with zero attached hydrogens (tertiary/aromatic N) is 2. The Labute approximate surface area is 135 Å². The van der Waals surface area contributed by atoms with Gasteiger partial charge in [-0.15, -0.1) is 0 Å². The quantitative estimate of drug-likeness (QED) is 0.623. The van der Waals surface area contributed by atoms with Crippen molar-refractivity contribution in [2.75, 3.05) is 13.2 Å². The molecule has 1 aromatic heterocycles. The van der Waals surface area contributed by atoms with E-state index in [0.717, 1.165) is 33.6 Å². The van der Waals surface area contributed by atoms with Gasteiger partial charge in [0.25, 0.3) is 5.56 Å². The van der Waals surface area contributed by atoms with Crippen molar-refractivity contribution in [3.05, 3.63) is 51.5 Å². The minimum Gasteiger partial charge on any atom is -0.381 e. The molecule has 2 heterocycles. The molecular weight excluding hydrogens is 344 g/mol. The van der Waals surface area contributed by atoms with Gasteiger partial charge < -0.3 is 4.74 Å². The molecule has 22 heavy (non-hydrogen) atoms. The molecule has 1 saturated heterocycles. The standard InChI is InChI=1S/C17H15BrN2O2/c18-15-9-14-16(13-4-2-1-3-12(13)15)19-10-20(17(14)21)11-5-7-22-8-6-11/h1-4,9-11H,5-8H2. The molecule has 0 radical (unpaired) electrons. The average molecular weight is 359 g/mol.